The third-order valence-electron chi connectivity index (χ3n) is 4.85. The van der Waals surface area contributed by atoms with E-state index in [2.05, 4.69) is 10.1 Å². The second-order valence-corrected chi connectivity index (χ2v) is 6.40. The van der Waals surface area contributed by atoms with Gasteiger partial charge in [0.2, 0.25) is 11.8 Å². The van der Waals surface area contributed by atoms with Crippen LogP contribution in [0.4, 0.5) is 0 Å². The Morgan fingerprint density at radius 2 is 2.09 bits per heavy atom. The summed E-state index contributed by atoms with van der Waals surface area (Å²) >= 11 is 0. The van der Waals surface area contributed by atoms with Crippen molar-refractivity contribution in [3.63, 3.8) is 0 Å². The van der Waals surface area contributed by atoms with Crippen molar-refractivity contribution in [3.05, 3.63) is 11.7 Å². The number of carbonyl (C=O) groups is 1. The Balaban J connectivity index is 1.48. The van der Waals surface area contributed by atoms with Gasteiger partial charge in [-0.15, -0.1) is 0 Å². The van der Waals surface area contributed by atoms with Crippen LogP contribution in [-0.4, -0.2) is 47.3 Å². The first kappa shape index (κ1) is 15.5. The molecular formula is C16H25N3O3. The summed E-state index contributed by atoms with van der Waals surface area (Å²) in [7, 11) is 1.92. The summed E-state index contributed by atoms with van der Waals surface area (Å²) in [6.45, 7) is 1.43. The van der Waals surface area contributed by atoms with E-state index in [1.807, 2.05) is 11.9 Å². The summed E-state index contributed by atoms with van der Waals surface area (Å²) in [5.41, 5.74) is 0. The van der Waals surface area contributed by atoms with Gasteiger partial charge in [0.15, 0.2) is 5.82 Å². The molecule has 0 bridgehead atoms. The molecule has 122 valence electrons. The predicted octanol–water partition coefficient (Wildman–Crippen LogP) is 2.30. The van der Waals surface area contributed by atoms with E-state index in [0.29, 0.717) is 31.4 Å². The zero-order valence-electron chi connectivity index (χ0n) is 13.3. The number of hydrogen-bond acceptors (Lipinski definition) is 5. The van der Waals surface area contributed by atoms with Gasteiger partial charge in [-0.3, -0.25) is 4.79 Å². The molecule has 2 aliphatic rings. The van der Waals surface area contributed by atoms with Crippen molar-refractivity contribution in [2.45, 2.75) is 63.3 Å². The standard InChI is InChI=1S/C16H25N3O3/c1-19(13-5-3-2-4-6-13)15(20)8-7-14-17-16(18-22-14)12-9-10-21-11-12/h12-13H,2-11H2,1H3/t12-/m1/s1. The molecule has 1 aromatic heterocycles. The first-order valence-electron chi connectivity index (χ1n) is 8.40. The third kappa shape index (κ3) is 3.66. The highest BCUT2D eigenvalue weighted by Crippen LogP contribution is 2.24. The number of aromatic nitrogens is 2. The highest BCUT2D eigenvalue weighted by Gasteiger charge is 2.24. The average molecular weight is 307 g/mol. The van der Waals surface area contributed by atoms with E-state index >= 15 is 0 Å². The van der Waals surface area contributed by atoms with E-state index in [-0.39, 0.29) is 11.8 Å². The number of ether oxygens (including phenoxy) is 1. The highest BCUT2D eigenvalue weighted by molar-refractivity contribution is 5.76. The maximum atomic E-state index is 12.3. The molecule has 1 aliphatic carbocycles. The topological polar surface area (TPSA) is 68.5 Å². The molecule has 1 aliphatic heterocycles. The largest absolute Gasteiger partial charge is 0.381 e. The van der Waals surface area contributed by atoms with Crippen molar-refractivity contribution in [2.24, 2.45) is 0 Å². The van der Waals surface area contributed by atoms with Gasteiger partial charge in [-0.2, -0.15) is 4.98 Å². The van der Waals surface area contributed by atoms with Crippen LogP contribution in [0.15, 0.2) is 4.52 Å². The molecule has 1 saturated heterocycles. The minimum Gasteiger partial charge on any atom is -0.381 e. The molecule has 2 heterocycles. The minimum atomic E-state index is 0.177. The number of amides is 1. The molecule has 1 saturated carbocycles. The molecular weight excluding hydrogens is 282 g/mol. The number of aryl methyl sites for hydroxylation is 1. The Hall–Kier alpha value is -1.43. The second kappa shape index (κ2) is 7.22. The Morgan fingerprint density at radius 1 is 1.27 bits per heavy atom. The van der Waals surface area contributed by atoms with E-state index in [9.17, 15) is 4.79 Å². The molecule has 2 fully saturated rings. The fourth-order valence-electron chi connectivity index (χ4n) is 3.34. The van der Waals surface area contributed by atoms with Crippen LogP contribution in [0, 0.1) is 0 Å². The normalized spacial score (nSPS) is 22.9. The molecule has 6 heteroatoms. The van der Waals surface area contributed by atoms with Gasteiger partial charge in [-0.05, 0) is 19.3 Å². The lowest BCUT2D eigenvalue weighted by Gasteiger charge is -2.31. The van der Waals surface area contributed by atoms with E-state index in [4.69, 9.17) is 9.26 Å². The molecule has 3 rings (SSSR count). The van der Waals surface area contributed by atoms with Crippen LogP contribution in [0.2, 0.25) is 0 Å². The lowest BCUT2D eigenvalue weighted by Crippen LogP contribution is -2.38. The van der Waals surface area contributed by atoms with Gasteiger partial charge >= 0.3 is 0 Å². The maximum Gasteiger partial charge on any atom is 0.227 e. The Kier molecular flexibility index (Phi) is 5.08. The summed E-state index contributed by atoms with van der Waals surface area (Å²) in [5.74, 6) is 1.71. The molecule has 0 N–H and O–H groups in total. The zero-order chi connectivity index (χ0) is 15.4. The average Bonchev–Trinajstić information content (AvgIpc) is 3.23. The maximum absolute atomic E-state index is 12.3. The van der Waals surface area contributed by atoms with Crippen LogP contribution in [0.5, 0.6) is 0 Å². The summed E-state index contributed by atoms with van der Waals surface area (Å²) in [6.07, 6.45) is 7.95. The Morgan fingerprint density at radius 3 is 2.82 bits per heavy atom. The van der Waals surface area contributed by atoms with Gasteiger partial charge < -0.3 is 14.2 Å². The Labute approximate surface area is 131 Å². The van der Waals surface area contributed by atoms with E-state index in [1.165, 1.54) is 19.3 Å². The fraction of sp³-hybridized carbons (Fsp3) is 0.812. The van der Waals surface area contributed by atoms with Crippen molar-refractivity contribution in [1.82, 2.24) is 15.0 Å². The molecule has 0 unspecified atom stereocenters. The summed E-state index contributed by atoms with van der Waals surface area (Å²) < 4.78 is 10.6. The van der Waals surface area contributed by atoms with Gasteiger partial charge in [0.25, 0.3) is 0 Å². The van der Waals surface area contributed by atoms with E-state index in [1.54, 1.807) is 0 Å². The summed E-state index contributed by atoms with van der Waals surface area (Å²) in [4.78, 5) is 18.6. The van der Waals surface area contributed by atoms with Crippen LogP contribution in [0.3, 0.4) is 0 Å². The number of hydrogen-bond donors (Lipinski definition) is 0. The second-order valence-electron chi connectivity index (χ2n) is 6.40. The summed E-state index contributed by atoms with van der Waals surface area (Å²) in [6, 6.07) is 0.412. The van der Waals surface area contributed by atoms with Crippen molar-refractivity contribution in [3.8, 4) is 0 Å². The lowest BCUT2D eigenvalue weighted by atomic mass is 9.94. The monoisotopic (exact) mass is 307 g/mol. The molecule has 0 spiro atoms. The molecule has 22 heavy (non-hydrogen) atoms. The van der Waals surface area contributed by atoms with Gasteiger partial charge in [-0.1, -0.05) is 24.4 Å². The van der Waals surface area contributed by atoms with Crippen LogP contribution in [0.25, 0.3) is 0 Å². The van der Waals surface area contributed by atoms with Crippen LogP contribution >= 0.6 is 0 Å². The number of nitrogens with zero attached hydrogens (tertiary/aromatic N) is 3. The SMILES string of the molecule is CN(C(=O)CCc1nc([C@@H]2CCOC2)no1)C1CCCCC1. The van der Waals surface area contributed by atoms with Crippen LogP contribution < -0.4 is 0 Å². The van der Waals surface area contributed by atoms with Gasteiger partial charge in [0, 0.05) is 38.5 Å². The minimum absolute atomic E-state index is 0.177. The number of rotatable bonds is 5. The zero-order valence-corrected chi connectivity index (χ0v) is 13.3. The first-order valence-corrected chi connectivity index (χ1v) is 8.40. The van der Waals surface area contributed by atoms with Gasteiger partial charge in [-0.25, -0.2) is 0 Å². The van der Waals surface area contributed by atoms with Crippen molar-refractivity contribution < 1.29 is 14.1 Å². The molecule has 0 radical (unpaired) electrons. The van der Waals surface area contributed by atoms with Crippen molar-refractivity contribution in [1.29, 1.82) is 0 Å². The van der Waals surface area contributed by atoms with E-state index < -0.39 is 0 Å². The molecule has 6 nitrogen and oxygen atoms in total. The number of carbonyl (C=O) groups excluding carboxylic acids is 1. The smallest absolute Gasteiger partial charge is 0.227 e. The van der Waals surface area contributed by atoms with Crippen LogP contribution in [-0.2, 0) is 16.0 Å². The fourth-order valence-corrected chi connectivity index (χ4v) is 3.34. The molecule has 0 aromatic carbocycles. The third-order valence-corrected chi connectivity index (χ3v) is 4.85. The molecule has 1 amide bonds. The van der Waals surface area contributed by atoms with Crippen molar-refractivity contribution >= 4 is 5.91 Å². The molecule has 1 aromatic rings. The van der Waals surface area contributed by atoms with Gasteiger partial charge in [0.1, 0.15) is 0 Å². The van der Waals surface area contributed by atoms with E-state index in [0.717, 1.165) is 31.7 Å². The van der Waals surface area contributed by atoms with Crippen molar-refractivity contribution in [2.75, 3.05) is 20.3 Å². The van der Waals surface area contributed by atoms with Gasteiger partial charge in [0.05, 0.1) is 6.61 Å². The summed E-state index contributed by atoms with van der Waals surface area (Å²) in [5, 5.41) is 4.02. The lowest BCUT2D eigenvalue weighted by molar-refractivity contribution is -0.132. The predicted molar refractivity (Wildman–Crippen MR) is 80.4 cm³/mol. The highest BCUT2D eigenvalue weighted by atomic mass is 16.5. The van der Waals surface area contributed by atoms with Crippen LogP contribution in [0.1, 0.15) is 62.6 Å². The molecule has 1 atom stereocenters. The first-order chi connectivity index (χ1) is 10.7. The Bertz CT molecular complexity index is 491. The quantitative estimate of drug-likeness (QED) is 0.835.